The van der Waals surface area contributed by atoms with Gasteiger partial charge in [0.05, 0.1) is 0 Å². The Balaban J connectivity index is 1.54. The second-order valence-electron chi connectivity index (χ2n) is 5.57. The van der Waals surface area contributed by atoms with Crippen LogP contribution in [0.4, 0.5) is 0 Å². The zero-order valence-corrected chi connectivity index (χ0v) is 11.2. The molecule has 1 aromatic carbocycles. The van der Waals surface area contributed by atoms with Crippen LogP contribution in [0.25, 0.3) is 0 Å². The number of halogens is 1. The van der Waals surface area contributed by atoms with Gasteiger partial charge in [-0.25, -0.2) is 0 Å². The Labute approximate surface area is 116 Å². The molecule has 0 aromatic heterocycles. The first-order valence-electron chi connectivity index (χ1n) is 6.29. The highest BCUT2D eigenvalue weighted by Crippen LogP contribution is 2.86. The van der Waals surface area contributed by atoms with E-state index in [4.69, 9.17) is 21.7 Å². The fraction of sp³-hybridized carbons (Fsp3) is 0.500. The highest BCUT2D eigenvalue weighted by Gasteiger charge is 2.84. The summed E-state index contributed by atoms with van der Waals surface area (Å²) in [5.41, 5.74) is -0.0222. The number of aliphatic hydroxyl groups excluding tert-OH is 2. The average Bonchev–Trinajstić information content (AvgIpc) is 3.23. The molecule has 2 aliphatic carbocycles. The van der Waals surface area contributed by atoms with E-state index in [0.29, 0.717) is 16.5 Å². The van der Waals surface area contributed by atoms with E-state index in [0.717, 1.165) is 12.8 Å². The Bertz CT molecular complexity index is 508. The SMILES string of the molecule is N=C(C(O)COc1ccc(Cl)cc1)C12CC1(CO)C2. The first-order chi connectivity index (χ1) is 9.03. The van der Waals surface area contributed by atoms with Crippen LogP contribution in [0.15, 0.2) is 24.3 Å². The van der Waals surface area contributed by atoms with E-state index >= 15 is 0 Å². The van der Waals surface area contributed by atoms with Gasteiger partial charge < -0.3 is 20.4 Å². The van der Waals surface area contributed by atoms with Crippen molar-refractivity contribution in [1.82, 2.24) is 0 Å². The molecular formula is C14H16ClNO3. The number of fused-ring (bicyclic) bond motifs is 1. The lowest BCUT2D eigenvalue weighted by Gasteiger charge is -2.15. The Morgan fingerprint density at radius 2 is 2.00 bits per heavy atom. The number of ether oxygens (including phenoxy) is 1. The van der Waals surface area contributed by atoms with Gasteiger partial charge >= 0.3 is 0 Å². The van der Waals surface area contributed by atoms with Crippen molar-refractivity contribution < 1.29 is 14.9 Å². The van der Waals surface area contributed by atoms with Gasteiger partial charge in [0, 0.05) is 28.2 Å². The van der Waals surface area contributed by atoms with Crippen LogP contribution in [0, 0.1) is 16.2 Å². The molecule has 4 nitrogen and oxygen atoms in total. The average molecular weight is 282 g/mol. The van der Waals surface area contributed by atoms with Crippen molar-refractivity contribution in [1.29, 1.82) is 5.41 Å². The summed E-state index contributed by atoms with van der Waals surface area (Å²) in [6.45, 7) is 0.171. The van der Waals surface area contributed by atoms with Crippen molar-refractivity contribution in [3.05, 3.63) is 29.3 Å². The fourth-order valence-electron chi connectivity index (χ4n) is 2.86. The molecule has 1 unspecified atom stereocenters. The summed E-state index contributed by atoms with van der Waals surface area (Å²) in [6, 6.07) is 6.88. The van der Waals surface area contributed by atoms with E-state index in [2.05, 4.69) is 0 Å². The third kappa shape index (κ3) is 1.95. The quantitative estimate of drug-likeness (QED) is 0.697. The van der Waals surface area contributed by atoms with E-state index in [-0.39, 0.29) is 24.0 Å². The van der Waals surface area contributed by atoms with Gasteiger partial charge in [0.2, 0.25) is 0 Å². The second kappa shape index (κ2) is 4.20. The van der Waals surface area contributed by atoms with Crippen molar-refractivity contribution in [2.75, 3.05) is 13.2 Å². The van der Waals surface area contributed by atoms with E-state index in [1.54, 1.807) is 24.3 Å². The van der Waals surface area contributed by atoms with Gasteiger partial charge in [-0.1, -0.05) is 11.6 Å². The van der Waals surface area contributed by atoms with Crippen LogP contribution in [0.3, 0.4) is 0 Å². The molecule has 3 N–H and O–H groups in total. The summed E-state index contributed by atoms with van der Waals surface area (Å²) in [4.78, 5) is 0. The number of benzene rings is 1. The molecule has 0 aliphatic heterocycles. The number of rotatable bonds is 6. The molecule has 0 bridgehead atoms. The van der Waals surface area contributed by atoms with Crippen LogP contribution in [-0.2, 0) is 0 Å². The van der Waals surface area contributed by atoms with Crippen LogP contribution in [0.2, 0.25) is 5.02 Å². The van der Waals surface area contributed by atoms with Crippen LogP contribution < -0.4 is 4.74 Å². The van der Waals surface area contributed by atoms with Crippen LogP contribution in [0.5, 0.6) is 5.75 Å². The molecule has 0 saturated heterocycles. The third-order valence-electron chi connectivity index (χ3n) is 4.42. The maximum atomic E-state index is 9.99. The molecule has 1 aromatic rings. The lowest BCUT2D eigenvalue weighted by Crippen LogP contribution is -2.30. The zero-order valence-electron chi connectivity index (χ0n) is 10.4. The molecule has 0 heterocycles. The van der Waals surface area contributed by atoms with Crippen LogP contribution >= 0.6 is 11.6 Å². The van der Waals surface area contributed by atoms with E-state index in [1.165, 1.54) is 0 Å². The monoisotopic (exact) mass is 281 g/mol. The van der Waals surface area contributed by atoms with Gasteiger partial charge in [-0.05, 0) is 37.1 Å². The summed E-state index contributed by atoms with van der Waals surface area (Å²) in [7, 11) is 0. The molecule has 1 atom stereocenters. The minimum Gasteiger partial charge on any atom is -0.490 e. The maximum Gasteiger partial charge on any atom is 0.126 e. The van der Waals surface area contributed by atoms with Crippen molar-refractivity contribution in [2.45, 2.75) is 18.9 Å². The van der Waals surface area contributed by atoms with Gasteiger partial charge in [0.25, 0.3) is 0 Å². The molecule has 0 spiro atoms. The number of aliphatic hydroxyl groups is 2. The minimum atomic E-state index is -0.911. The summed E-state index contributed by atoms with van der Waals surface area (Å²) >= 11 is 5.77. The molecule has 5 heteroatoms. The lowest BCUT2D eigenvalue weighted by atomic mass is 10.0. The Hall–Kier alpha value is -1.10. The molecule has 2 aliphatic rings. The first-order valence-corrected chi connectivity index (χ1v) is 6.67. The van der Waals surface area contributed by atoms with E-state index < -0.39 is 6.10 Å². The highest BCUT2D eigenvalue weighted by atomic mass is 35.5. The van der Waals surface area contributed by atoms with E-state index in [9.17, 15) is 10.2 Å². The van der Waals surface area contributed by atoms with Crippen molar-refractivity contribution >= 4 is 17.3 Å². The molecule has 2 saturated carbocycles. The van der Waals surface area contributed by atoms with Gasteiger partial charge in [-0.3, -0.25) is 0 Å². The standard InChI is InChI=1S/C14H16ClNO3/c15-9-1-3-10(4-2-9)19-5-11(18)12(16)14-6-13(14,7-14)8-17/h1-4,11,16-18H,5-8H2. The summed E-state index contributed by atoms with van der Waals surface area (Å²) in [5, 5.41) is 27.8. The highest BCUT2D eigenvalue weighted by molar-refractivity contribution is 6.30. The summed E-state index contributed by atoms with van der Waals surface area (Å²) < 4.78 is 5.44. The Morgan fingerprint density at radius 1 is 1.37 bits per heavy atom. The number of hydrogen-bond donors (Lipinski definition) is 3. The minimum absolute atomic E-state index is 0.0593. The maximum absolute atomic E-state index is 9.99. The second-order valence-corrected chi connectivity index (χ2v) is 6.00. The number of nitrogens with one attached hydrogen (secondary N) is 1. The molecule has 0 amide bonds. The summed E-state index contributed by atoms with van der Waals surface area (Å²) in [6.07, 6.45) is 0.743. The van der Waals surface area contributed by atoms with Gasteiger partial charge in [-0.15, -0.1) is 0 Å². The van der Waals surface area contributed by atoms with Gasteiger partial charge in [0.15, 0.2) is 0 Å². The molecule has 3 rings (SSSR count). The number of hydrogen-bond acceptors (Lipinski definition) is 4. The molecular weight excluding hydrogens is 266 g/mol. The third-order valence-corrected chi connectivity index (χ3v) is 4.67. The Morgan fingerprint density at radius 3 is 2.53 bits per heavy atom. The van der Waals surface area contributed by atoms with E-state index in [1.807, 2.05) is 0 Å². The van der Waals surface area contributed by atoms with Crippen molar-refractivity contribution in [3.63, 3.8) is 0 Å². The zero-order chi connectivity index (χ0) is 13.7. The van der Waals surface area contributed by atoms with Gasteiger partial charge in [0.1, 0.15) is 18.5 Å². The topological polar surface area (TPSA) is 73.5 Å². The predicted octanol–water partition coefficient (Wildman–Crippen LogP) is 1.87. The smallest absolute Gasteiger partial charge is 0.126 e. The molecule has 2 fully saturated rings. The van der Waals surface area contributed by atoms with Crippen molar-refractivity contribution in [3.8, 4) is 5.75 Å². The normalized spacial score (nSPS) is 32.4. The molecule has 0 radical (unpaired) electrons. The Kier molecular flexibility index (Phi) is 2.85. The fourth-order valence-corrected chi connectivity index (χ4v) is 2.99. The molecule has 102 valence electrons. The first kappa shape index (κ1) is 12.9. The van der Waals surface area contributed by atoms with Gasteiger partial charge in [-0.2, -0.15) is 0 Å². The summed E-state index contributed by atoms with van der Waals surface area (Å²) in [5.74, 6) is 0.619. The molecule has 19 heavy (non-hydrogen) atoms. The lowest BCUT2D eigenvalue weighted by molar-refractivity contribution is 0.154. The van der Waals surface area contributed by atoms with Crippen LogP contribution in [0.1, 0.15) is 12.8 Å². The predicted molar refractivity (Wildman–Crippen MR) is 71.9 cm³/mol. The van der Waals surface area contributed by atoms with Crippen molar-refractivity contribution in [2.24, 2.45) is 10.8 Å². The largest absolute Gasteiger partial charge is 0.490 e. The van der Waals surface area contributed by atoms with Crippen LogP contribution in [-0.4, -0.2) is 35.2 Å².